The van der Waals surface area contributed by atoms with Crippen molar-refractivity contribution >= 4 is 12.0 Å². The predicted octanol–water partition coefficient (Wildman–Crippen LogP) is 4.27. The van der Waals surface area contributed by atoms with Crippen molar-refractivity contribution in [3.63, 3.8) is 0 Å². The molecule has 0 saturated heterocycles. The fraction of sp³-hybridized carbons (Fsp3) is 0.391. The molecule has 1 fully saturated rings. The molecule has 2 aromatic carbocycles. The monoisotopic (exact) mass is 396 g/mol. The Balaban J connectivity index is 1.48. The molecule has 154 valence electrons. The van der Waals surface area contributed by atoms with Gasteiger partial charge in [0.2, 0.25) is 0 Å². The molecule has 0 aliphatic heterocycles. The molecule has 6 nitrogen and oxygen atoms in total. The molecule has 0 heterocycles. The van der Waals surface area contributed by atoms with E-state index >= 15 is 0 Å². The van der Waals surface area contributed by atoms with Gasteiger partial charge in [0.15, 0.2) is 0 Å². The van der Waals surface area contributed by atoms with Crippen LogP contribution in [-0.2, 0) is 11.4 Å². The average Bonchev–Trinajstić information content (AvgIpc) is 2.73. The third kappa shape index (κ3) is 6.24. The van der Waals surface area contributed by atoms with Crippen LogP contribution >= 0.6 is 0 Å². The molecule has 1 atom stereocenters. The van der Waals surface area contributed by atoms with Gasteiger partial charge < -0.3 is 20.5 Å². The van der Waals surface area contributed by atoms with Crippen molar-refractivity contribution in [1.29, 1.82) is 0 Å². The van der Waals surface area contributed by atoms with E-state index in [0.29, 0.717) is 32.3 Å². The molecule has 2 amide bonds. The van der Waals surface area contributed by atoms with Gasteiger partial charge in [0, 0.05) is 6.04 Å². The summed E-state index contributed by atoms with van der Waals surface area (Å²) >= 11 is 0. The van der Waals surface area contributed by atoms with E-state index in [2.05, 4.69) is 10.6 Å². The van der Waals surface area contributed by atoms with Crippen molar-refractivity contribution in [2.45, 2.75) is 51.3 Å². The lowest BCUT2D eigenvalue weighted by atomic mass is 9.86. The van der Waals surface area contributed by atoms with E-state index in [-0.39, 0.29) is 24.0 Å². The number of aliphatic carboxylic acids is 1. The van der Waals surface area contributed by atoms with Gasteiger partial charge in [-0.3, -0.25) is 4.79 Å². The largest absolute Gasteiger partial charge is 0.489 e. The standard InChI is InChI=1S/C23H28N2O4/c1-16(24-23(28)25-20-12-10-18(11-13-20)22(26)27)19-8-5-9-21(14-19)29-15-17-6-3-2-4-7-17/h2-9,14,16,18,20H,10-13,15H2,1H3,(H,26,27)(H2,24,25,28)/t16-,18?,20?/m1/s1. The molecular formula is C23H28N2O4. The summed E-state index contributed by atoms with van der Waals surface area (Å²) in [5.41, 5.74) is 2.06. The van der Waals surface area contributed by atoms with Crippen molar-refractivity contribution < 1.29 is 19.4 Å². The zero-order valence-electron chi connectivity index (χ0n) is 16.6. The molecule has 3 N–H and O–H groups in total. The highest BCUT2D eigenvalue weighted by Gasteiger charge is 2.26. The van der Waals surface area contributed by atoms with E-state index in [0.717, 1.165) is 16.9 Å². The molecule has 0 spiro atoms. The molecule has 2 aromatic rings. The molecule has 3 rings (SSSR count). The fourth-order valence-corrected chi connectivity index (χ4v) is 3.61. The number of carbonyl (C=O) groups excluding carboxylic acids is 1. The highest BCUT2D eigenvalue weighted by atomic mass is 16.5. The third-order valence-electron chi connectivity index (χ3n) is 5.37. The molecule has 29 heavy (non-hydrogen) atoms. The zero-order valence-corrected chi connectivity index (χ0v) is 16.6. The number of benzene rings is 2. The first kappa shape index (κ1) is 20.7. The predicted molar refractivity (Wildman–Crippen MR) is 111 cm³/mol. The average molecular weight is 396 g/mol. The van der Waals surface area contributed by atoms with Crippen LogP contribution < -0.4 is 15.4 Å². The Bertz CT molecular complexity index is 817. The van der Waals surface area contributed by atoms with Crippen LogP contribution in [0, 0.1) is 5.92 Å². The van der Waals surface area contributed by atoms with E-state index in [1.807, 2.05) is 61.5 Å². The Morgan fingerprint density at radius 3 is 2.48 bits per heavy atom. The molecule has 0 aromatic heterocycles. The lowest BCUT2D eigenvalue weighted by Crippen LogP contribution is -2.44. The maximum Gasteiger partial charge on any atom is 0.315 e. The van der Waals surface area contributed by atoms with Gasteiger partial charge in [0.25, 0.3) is 0 Å². The summed E-state index contributed by atoms with van der Waals surface area (Å²) in [6.45, 7) is 2.42. The van der Waals surface area contributed by atoms with Gasteiger partial charge in [-0.2, -0.15) is 0 Å². The highest BCUT2D eigenvalue weighted by molar-refractivity contribution is 5.75. The van der Waals surface area contributed by atoms with Gasteiger partial charge in [-0.15, -0.1) is 0 Å². The van der Waals surface area contributed by atoms with Crippen molar-refractivity contribution in [2.75, 3.05) is 0 Å². The van der Waals surface area contributed by atoms with Crippen LogP contribution in [0.25, 0.3) is 0 Å². The maximum atomic E-state index is 12.3. The normalized spacial score (nSPS) is 19.8. The van der Waals surface area contributed by atoms with Gasteiger partial charge in [-0.25, -0.2) is 4.79 Å². The van der Waals surface area contributed by atoms with Gasteiger partial charge >= 0.3 is 12.0 Å². The minimum absolute atomic E-state index is 0.0262. The molecule has 1 aliphatic carbocycles. The molecule has 0 unspecified atom stereocenters. The molecule has 0 radical (unpaired) electrons. The summed E-state index contributed by atoms with van der Waals surface area (Å²) in [4.78, 5) is 23.4. The number of carboxylic acid groups (broad SMARTS) is 1. The lowest BCUT2D eigenvalue weighted by molar-refractivity contribution is -0.142. The van der Waals surface area contributed by atoms with Gasteiger partial charge in [0.1, 0.15) is 12.4 Å². The summed E-state index contributed by atoms with van der Waals surface area (Å²) in [7, 11) is 0. The summed E-state index contributed by atoms with van der Waals surface area (Å²) in [6.07, 6.45) is 2.61. The number of urea groups is 1. The first-order valence-corrected chi connectivity index (χ1v) is 10.1. The zero-order chi connectivity index (χ0) is 20.6. The van der Waals surface area contributed by atoms with Crippen molar-refractivity contribution in [2.24, 2.45) is 5.92 Å². The van der Waals surface area contributed by atoms with E-state index < -0.39 is 5.97 Å². The van der Waals surface area contributed by atoms with Crippen molar-refractivity contribution in [1.82, 2.24) is 10.6 Å². The quantitative estimate of drug-likeness (QED) is 0.652. The van der Waals surface area contributed by atoms with Crippen LogP contribution in [0.5, 0.6) is 5.75 Å². The van der Waals surface area contributed by atoms with E-state index in [9.17, 15) is 9.59 Å². The number of ether oxygens (including phenoxy) is 1. The Kier molecular flexibility index (Phi) is 7.11. The molecule has 0 bridgehead atoms. The van der Waals surface area contributed by atoms with Crippen molar-refractivity contribution in [3.8, 4) is 5.75 Å². The molecular weight excluding hydrogens is 368 g/mol. The Labute approximate surface area is 171 Å². The molecule has 6 heteroatoms. The fourth-order valence-electron chi connectivity index (χ4n) is 3.61. The van der Waals surface area contributed by atoms with Gasteiger partial charge in [-0.1, -0.05) is 42.5 Å². The summed E-state index contributed by atoms with van der Waals surface area (Å²) < 4.78 is 5.86. The third-order valence-corrected chi connectivity index (χ3v) is 5.37. The van der Waals surface area contributed by atoms with Crippen LogP contribution in [0.15, 0.2) is 54.6 Å². The Morgan fingerprint density at radius 1 is 1.07 bits per heavy atom. The topological polar surface area (TPSA) is 87.7 Å². The lowest BCUT2D eigenvalue weighted by Gasteiger charge is -2.27. The molecule has 1 aliphatic rings. The van der Waals surface area contributed by atoms with E-state index in [1.54, 1.807) is 0 Å². The summed E-state index contributed by atoms with van der Waals surface area (Å²) in [5.74, 6) is -0.267. The van der Waals surface area contributed by atoms with Gasteiger partial charge in [-0.05, 0) is 55.9 Å². The summed E-state index contributed by atoms with van der Waals surface area (Å²) in [6, 6.07) is 17.3. The second-order valence-electron chi connectivity index (χ2n) is 7.57. The second-order valence-corrected chi connectivity index (χ2v) is 7.57. The Hall–Kier alpha value is -3.02. The van der Waals surface area contributed by atoms with Crippen molar-refractivity contribution in [3.05, 3.63) is 65.7 Å². The number of carboxylic acids is 1. The maximum absolute atomic E-state index is 12.3. The second kappa shape index (κ2) is 9.96. The minimum atomic E-state index is -0.740. The van der Waals surface area contributed by atoms with Gasteiger partial charge in [0.05, 0.1) is 12.0 Å². The van der Waals surface area contributed by atoms with E-state index in [1.165, 1.54) is 0 Å². The highest BCUT2D eigenvalue weighted by Crippen LogP contribution is 2.24. The number of rotatable bonds is 7. The molecule has 1 saturated carbocycles. The number of hydrogen-bond donors (Lipinski definition) is 3. The summed E-state index contributed by atoms with van der Waals surface area (Å²) in [5, 5.41) is 15.0. The smallest absolute Gasteiger partial charge is 0.315 e. The Morgan fingerprint density at radius 2 is 1.79 bits per heavy atom. The number of carbonyl (C=O) groups is 2. The van der Waals surface area contributed by atoms with Crippen LogP contribution in [0.2, 0.25) is 0 Å². The first-order chi connectivity index (χ1) is 14.0. The SMILES string of the molecule is C[C@@H](NC(=O)NC1CCC(C(=O)O)CC1)c1cccc(OCc2ccccc2)c1. The van der Waals surface area contributed by atoms with Crippen LogP contribution in [0.3, 0.4) is 0 Å². The number of hydrogen-bond acceptors (Lipinski definition) is 3. The van der Waals surface area contributed by atoms with Crippen LogP contribution in [0.1, 0.15) is 49.8 Å². The minimum Gasteiger partial charge on any atom is -0.489 e. The number of nitrogens with one attached hydrogen (secondary N) is 2. The first-order valence-electron chi connectivity index (χ1n) is 10.1. The van der Waals surface area contributed by atoms with Crippen LogP contribution in [-0.4, -0.2) is 23.1 Å². The number of amides is 2. The van der Waals surface area contributed by atoms with E-state index in [4.69, 9.17) is 9.84 Å². The van der Waals surface area contributed by atoms with Crippen LogP contribution in [0.4, 0.5) is 4.79 Å².